The first-order valence-corrected chi connectivity index (χ1v) is 9.54. The molecular formula is C18H22N4O3S. The quantitative estimate of drug-likeness (QED) is 0.839. The molecule has 1 aliphatic heterocycles. The third kappa shape index (κ3) is 4.72. The first-order valence-electron chi connectivity index (χ1n) is 8.66. The van der Waals surface area contributed by atoms with Crippen molar-refractivity contribution in [3.05, 3.63) is 41.4 Å². The van der Waals surface area contributed by atoms with Gasteiger partial charge < -0.3 is 20.3 Å². The van der Waals surface area contributed by atoms with E-state index in [-0.39, 0.29) is 18.0 Å². The number of para-hydroxylation sites is 1. The molecule has 7 nitrogen and oxygen atoms in total. The van der Waals surface area contributed by atoms with Crippen LogP contribution in [-0.4, -0.2) is 47.6 Å². The van der Waals surface area contributed by atoms with Gasteiger partial charge in [-0.05, 0) is 31.9 Å². The largest absolute Gasteiger partial charge is 0.450 e. The molecule has 2 aromatic rings. The number of likely N-dealkylation sites (tertiary alicyclic amines) is 1. The second-order valence-electron chi connectivity index (χ2n) is 5.96. The summed E-state index contributed by atoms with van der Waals surface area (Å²) in [6.45, 7) is 3.33. The van der Waals surface area contributed by atoms with Gasteiger partial charge in [-0.25, -0.2) is 9.78 Å². The molecular weight excluding hydrogens is 352 g/mol. The highest BCUT2D eigenvalue weighted by Crippen LogP contribution is 2.21. The zero-order valence-electron chi connectivity index (χ0n) is 14.6. The molecule has 3 rings (SSSR count). The van der Waals surface area contributed by atoms with E-state index in [4.69, 9.17) is 4.74 Å². The predicted octanol–water partition coefficient (Wildman–Crippen LogP) is 3.24. The summed E-state index contributed by atoms with van der Waals surface area (Å²) in [5.74, 6) is -0.183. The molecule has 1 aromatic carbocycles. The molecule has 0 aliphatic carbocycles. The number of thiazole rings is 1. The van der Waals surface area contributed by atoms with Crippen molar-refractivity contribution in [1.82, 2.24) is 15.2 Å². The summed E-state index contributed by atoms with van der Waals surface area (Å²) in [6, 6.07) is 9.74. The molecule has 138 valence electrons. The maximum Gasteiger partial charge on any atom is 0.409 e. The highest BCUT2D eigenvalue weighted by molar-refractivity contribution is 7.14. The number of hydrogen-bond donors (Lipinski definition) is 2. The van der Waals surface area contributed by atoms with Crippen molar-refractivity contribution < 1.29 is 14.3 Å². The number of aromatic nitrogens is 1. The highest BCUT2D eigenvalue weighted by atomic mass is 32.1. The number of anilines is 2. The van der Waals surface area contributed by atoms with Crippen LogP contribution in [0.5, 0.6) is 0 Å². The van der Waals surface area contributed by atoms with Crippen LogP contribution < -0.4 is 10.6 Å². The summed E-state index contributed by atoms with van der Waals surface area (Å²) in [7, 11) is 0. The Bertz CT molecular complexity index is 742. The van der Waals surface area contributed by atoms with Crippen molar-refractivity contribution in [3.63, 3.8) is 0 Å². The third-order valence-electron chi connectivity index (χ3n) is 4.12. The van der Waals surface area contributed by atoms with Crippen molar-refractivity contribution in [2.75, 3.05) is 25.0 Å². The minimum atomic E-state index is -0.284. The summed E-state index contributed by atoms with van der Waals surface area (Å²) in [6.07, 6.45) is 1.14. The van der Waals surface area contributed by atoms with Gasteiger partial charge in [0.05, 0.1) is 6.61 Å². The lowest BCUT2D eigenvalue weighted by Crippen LogP contribution is -2.46. The molecule has 2 amide bonds. The maximum atomic E-state index is 12.4. The van der Waals surface area contributed by atoms with Crippen LogP contribution in [0.2, 0.25) is 0 Å². The number of carbonyl (C=O) groups excluding carboxylic acids is 2. The minimum absolute atomic E-state index is 0.0420. The van der Waals surface area contributed by atoms with E-state index in [1.165, 1.54) is 11.3 Å². The number of hydrogen-bond acceptors (Lipinski definition) is 6. The van der Waals surface area contributed by atoms with Crippen molar-refractivity contribution in [2.45, 2.75) is 25.8 Å². The summed E-state index contributed by atoms with van der Waals surface area (Å²) in [5, 5.41) is 8.61. The van der Waals surface area contributed by atoms with Crippen LogP contribution in [-0.2, 0) is 4.74 Å². The van der Waals surface area contributed by atoms with E-state index in [2.05, 4.69) is 15.6 Å². The fraction of sp³-hybridized carbons (Fsp3) is 0.389. The van der Waals surface area contributed by atoms with E-state index in [1.54, 1.807) is 17.2 Å². The van der Waals surface area contributed by atoms with Crippen LogP contribution in [0.15, 0.2) is 35.7 Å². The first-order chi connectivity index (χ1) is 12.7. The number of piperidine rings is 1. The van der Waals surface area contributed by atoms with Crippen LogP contribution >= 0.6 is 11.3 Å². The zero-order valence-corrected chi connectivity index (χ0v) is 15.4. The fourth-order valence-corrected chi connectivity index (χ4v) is 3.47. The fourth-order valence-electron chi connectivity index (χ4n) is 2.76. The van der Waals surface area contributed by atoms with Gasteiger partial charge in [-0.1, -0.05) is 18.2 Å². The number of rotatable bonds is 5. The number of amides is 2. The van der Waals surface area contributed by atoms with Crippen molar-refractivity contribution in [2.24, 2.45) is 0 Å². The van der Waals surface area contributed by atoms with E-state index in [1.807, 2.05) is 30.3 Å². The van der Waals surface area contributed by atoms with Gasteiger partial charge in [-0.2, -0.15) is 0 Å². The number of nitrogens with zero attached hydrogens (tertiary/aromatic N) is 2. The monoisotopic (exact) mass is 374 g/mol. The number of nitrogens with one attached hydrogen (secondary N) is 2. The van der Waals surface area contributed by atoms with Crippen molar-refractivity contribution >= 4 is 34.2 Å². The van der Waals surface area contributed by atoms with E-state index in [0.29, 0.717) is 43.4 Å². The average molecular weight is 374 g/mol. The van der Waals surface area contributed by atoms with Gasteiger partial charge in [0, 0.05) is 30.2 Å². The Balaban J connectivity index is 1.49. The molecule has 2 heterocycles. The molecule has 1 fully saturated rings. The van der Waals surface area contributed by atoms with Crippen LogP contribution in [0.25, 0.3) is 0 Å². The van der Waals surface area contributed by atoms with Crippen LogP contribution in [0.1, 0.15) is 30.3 Å². The second kappa shape index (κ2) is 8.66. The predicted molar refractivity (Wildman–Crippen MR) is 101 cm³/mol. The van der Waals surface area contributed by atoms with E-state index in [9.17, 15) is 9.59 Å². The van der Waals surface area contributed by atoms with Gasteiger partial charge in [-0.15, -0.1) is 11.3 Å². The molecule has 0 spiro atoms. The summed E-state index contributed by atoms with van der Waals surface area (Å²) in [5.41, 5.74) is 1.33. The van der Waals surface area contributed by atoms with E-state index >= 15 is 0 Å². The molecule has 1 aliphatic rings. The standard InChI is InChI=1S/C18H22N4O3S/c1-2-25-18(24)22-10-8-14(9-11-22)19-16(23)15-12-26-17(21-15)20-13-6-4-3-5-7-13/h3-7,12,14H,2,8-11H2,1H3,(H,19,23)(H,20,21). The zero-order chi connectivity index (χ0) is 18.4. The number of carbonyl (C=O) groups is 2. The molecule has 0 atom stereocenters. The summed E-state index contributed by atoms with van der Waals surface area (Å²) < 4.78 is 5.00. The Morgan fingerprint density at radius 1 is 1.27 bits per heavy atom. The molecule has 26 heavy (non-hydrogen) atoms. The van der Waals surface area contributed by atoms with Gasteiger partial charge in [0.15, 0.2) is 5.13 Å². The lowest BCUT2D eigenvalue weighted by Gasteiger charge is -2.31. The SMILES string of the molecule is CCOC(=O)N1CCC(NC(=O)c2csc(Nc3ccccc3)n2)CC1. The Morgan fingerprint density at radius 2 is 2.00 bits per heavy atom. The number of ether oxygens (including phenoxy) is 1. The second-order valence-corrected chi connectivity index (χ2v) is 6.82. The van der Waals surface area contributed by atoms with Crippen LogP contribution in [0.4, 0.5) is 15.6 Å². The molecule has 1 saturated heterocycles. The Hall–Kier alpha value is -2.61. The highest BCUT2D eigenvalue weighted by Gasteiger charge is 2.25. The molecule has 1 aromatic heterocycles. The van der Waals surface area contributed by atoms with Gasteiger partial charge in [-0.3, -0.25) is 4.79 Å². The Labute approximate surface area is 156 Å². The van der Waals surface area contributed by atoms with Gasteiger partial charge in [0.2, 0.25) is 0 Å². The smallest absolute Gasteiger partial charge is 0.409 e. The van der Waals surface area contributed by atoms with Crippen molar-refractivity contribution in [3.8, 4) is 0 Å². The normalized spacial score (nSPS) is 14.7. The molecule has 0 radical (unpaired) electrons. The van der Waals surface area contributed by atoms with Crippen molar-refractivity contribution in [1.29, 1.82) is 0 Å². The van der Waals surface area contributed by atoms with Gasteiger partial charge in [0.1, 0.15) is 5.69 Å². The van der Waals surface area contributed by atoms with E-state index in [0.717, 1.165) is 5.69 Å². The van der Waals surface area contributed by atoms with Crippen LogP contribution in [0.3, 0.4) is 0 Å². The average Bonchev–Trinajstić information content (AvgIpc) is 3.12. The molecule has 0 saturated carbocycles. The third-order valence-corrected chi connectivity index (χ3v) is 4.88. The summed E-state index contributed by atoms with van der Waals surface area (Å²) in [4.78, 5) is 30.1. The molecule has 0 unspecified atom stereocenters. The maximum absolute atomic E-state index is 12.4. The minimum Gasteiger partial charge on any atom is -0.450 e. The van der Waals surface area contributed by atoms with Gasteiger partial charge >= 0.3 is 6.09 Å². The molecule has 0 bridgehead atoms. The lowest BCUT2D eigenvalue weighted by atomic mass is 10.1. The van der Waals surface area contributed by atoms with E-state index < -0.39 is 0 Å². The van der Waals surface area contributed by atoms with Crippen LogP contribution in [0, 0.1) is 0 Å². The van der Waals surface area contributed by atoms with Gasteiger partial charge in [0.25, 0.3) is 5.91 Å². The Kier molecular flexibility index (Phi) is 6.06. The topological polar surface area (TPSA) is 83.6 Å². The summed E-state index contributed by atoms with van der Waals surface area (Å²) >= 11 is 1.39. The molecule has 8 heteroatoms. The lowest BCUT2D eigenvalue weighted by molar-refractivity contribution is 0.0857. The number of benzene rings is 1. The first kappa shape index (κ1) is 18.2. The Morgan fingerprint density at radius 3 is 2.69 bits per heavy atom. The molecule has 2 N–H and O–H groups in total.